The van der Waals surface area contributed by atoms with E-state index in [0.717, 1.165) is 43.6 Å². The SMILES string of the molecule is CCN(Cc1ccccc1)c1nc(C)cc(N2CCCCC2)n1. The van der Waals surface area contributed by atoms with Gasteiger partial charge in [0.15, 0.2) is 0 Å². The zero-order valence-electron chi connectivity index (χ0n) is 14.2. The minimum atomic E-state index is 0.844. The highest BCUT2D eigenvalue weighted by Gasteiger charge is 2.16. The molecule has 3 rings (SSSR count). The molecule has 1 aliphatic rings. The Morgan fingerprint density at radius 1 is 1.04 bits per heavy atom. The van der Waals surface area contributed by atoms with Gasteiger partial charge in [0, 0.05) is 37.9 Å². The maximum atomic E-state index is 4.87. The van der Waals surface area contributed by atoms with E-state index >= 15 is 0 Å². The molecule has 4 heteroatoms. The van der Waals surface area contributed by atoms with E-state index in [1.54, 1.807) is 0 Å². The first-order valence-electron chi connectivity index (χ1n) is 8.66. The normalized spacial score (nSPS) is 14.8. The number of rotatable bonds is 5. The van der Waals surface area contributed by atoms with Crippen LogP contribution in [0.3, 0.4) is 0 Å². The van der Waals surface area contributed by atoms with Crippen LogP contribution in [0.4, 0.5) is 11.8 Å². The van der Waals surface area contributed by atoms with Gasteiger partial charge in [0.25, 0.3) is 0 Å². The topological polar surface area (TPSA) is 32.3 Å². The van der Waals surface area contributed by atoms with Gasteiger partial charge < -0.3 is 9.80 Å². The van der Waals surface area contributed by atoms with E-state index in [4.69, 9.17) is 4.98 Å². The van der Waals surface area contributed by atoms with Crippen LogP contribution in [0, 0.1) is 6.92 Å². The van der Waals surface area contributed by atoms with Gasteiger partial charge >= 0.3 is 0 Å². The molecule has 0 spiro atoms. The lowest BCUT2D eigenvalue weighted by Crippen LogP contribution is -2.31. The molecule has 0 amide bonds. The van der Waals surface area contributed by atoms with Crippen molar-refractivity contribution in [2.45, 2.75) is 39.7 Å². The summed E-state index contributed by atoms with van der Waals surface area (Å²) in [5.74, 6) is 1.93. The summed E-state index contributed by atoms with van der Waals surface area (Å²) in [4.78, 5) is 14.2. The molecule has 4 nitrogen and oxygen atoms in total. The molecule has 1 saturated heterocycles. The van der Waals surface area contributed by atoms with Crippen LogP contribution in [0.15, 0.2) is 36.4 Å². The molecule has 0 aliphatic carbocycles. The third-order valence-corrected chi connectivity index (χ3v) is 4.39. The van der Waals surface area contributed by atoms with Crippen molar-refractivity contribution in [2.75, 3.05) is 29.4 Å². The zero-order chi connectivity index (χ0) is 16.1. The number of hydrogen-bond donors (Lipinski definition) is 0. The summed E-state index contributed by atoms with van der Waals surface area (Å²) >= 11 is 0. The Hall–Kier alpha value is -2.10. The van der Waals surface area contributed by atoms with Crippen molar-refractivity contribution in [2.24, 2.45) is 0 Å². The summed E-state index contributed by atoms with van der Waals surface area (Å²) < 4.78 is 0. The Kier molecular flexibility index (Phi) is 5.11. The smallest absolute Gasteiger partial charge is 0.227 e. The van der Waals surface area contributed by atoms with Crippen LogP contribution in [0.2, 0.25) is 0 Å². The number of hydrogen-bond acceptors (Lipinski definition) is 4. The quantitative estimate of drug-likeness (QED) is 0.841. The fourth-order valence-electron chi connectivity index (χ4n) is 3.09. The van der Waals surface area contributed by atoms with Crippen LogP contribution in [0.5, 0.6) is 0 Å². The number of anilines is 2. The first kappa shape index (κ1) is 15.8. The lowest BCUT2D eigenvalue weighted by Gasteiger charge is -2.29. The summed E-state index contributed by atoms with van der Waals surface area (Å²) in [7, 11) is 0. The van der Waals surface area contributed by atoms with E-state index < -0.39 is 0 Å². The molecule has 1 aromatic heterocycles. The van der Waals surface area contributed by atoms with Crippen LogP contribution in [-0.2, 0) is 6.54 Å². The second kappa shape index (κ2) is 7.44. The molecule has 0 unspecified atom stereocenters. The van der Waals surface area contributed by atoms with Crippen molar-refractivity contribution >= 4 is 11.8 Å². The van der Waals surface area contributed by atoms with Crippen molar-refractivity contribution in [3.05, 3.63) is 47.7 Å². The lowest BCUT2D eigenvalue weighted by molar-refractivity contribution is 0.572. The summed E-state index contributed by atoms with van der Waals surface area (Å²) in [5, 5.41) is 0. The summed E-state index contributed by atoms with van der Waals surface area (Å²) in [6.45, 7) is 8.20. The second-order valence-electron chi connectivity index (χ2n) is 6.22. The highest BCUT2D eigenvalue weighted by molar-refractivity contribution is 5.46. The molecule has 0 atom stereocenters. The van der Waals surface area contributed by atoms with Gasteiger partial charge in [-0.15, -0.1) is 0 Å². The van der Waals surface area contributed by atoms with E-state index in [0.29, 0.717) is 0 Å². The van der Waals surface area contributed by atoms with E-state index in [1.165, 1.54) is 24.8 Å². The molecule has 23 heavy (non-hydrogen) atoms. The molecular formula is C19H26N4. The third-order valence-electron chi connectivity index (χ3n) is 4.39. The van der Waals surface area contributed by atoms with E-state index in [1.807, 2.05) is 0 Å². The van der Waals surface area contributed by atoms with Gasteiger partial charge in [-0.25, -0.2) is 4.98 Å². The Morgan fingerprint density at radius 3 is 2.48 bits per heavy atom. The van der Waals surface area contributed by atoms with Gasteiger partial charge in [-0.1, -0.05) is 30.3 Å². The molecule has 0 N–H and O–H groups in total. The van der Waals surface area contributed by atoms with Crippen LogP contribution in [-0.4, -0.2) is 29.6 Å². The van der Waals surface area contributed by atoms with Crippen LogP contribution < -0.4 is 9.80 Å². The Balaban J connectivity index is 1.83. The van der Waals surface area contributed by atoms with Crippen molar-refractivity contribution in [1.82, 2.24) is 9.97 Å². The van der Waals surface area contributed by atoms with Gasteiger partial charge in [-0.2, -0.15) is 4.98 Å². The van der Waals surface area contributed by atoms with E-state index in [9.17, 15) is 0 Å². The Bertz CT molecular complexity index is 621. The first-order valence-corrected chi connectivity index (χ1v) is 8.66. The number of aryl methyl sites for hydroxylation is 1. The van der Waals surface area contributed by atoms with E-state index in [2.05, 4.69) is 65.0 Å². The van der Waals surface area contributed by atoms with Gasteiger partial charge in [0.1, 0.15) is 5.82 Å². The first-order chi connectivity index (χ1) is 11.3. The maximum absolute atomic E-state index is 4.87. The summed E-state index contributed by atoms with van der Waals surface area (Å²) in [5.41, 5.74) is 2.33. The molecule has 0 bridgehead atoms. The molecule has 1 fully saturated rings. The standard InChI is InChI=1S/C19H26N4/c1-3-22(15-17-10-6-4-7-11-17)19-20-16(2)14-18(21-19)23-12-8-5-9-13-23/h4,6-7,10-11,14H,3,5,8-9,12-13,15H2,1-2H3. The monoisotopic (exact) mass is 310 g/mol. The van der Waals surface area contributed by atoms with E-state index in [-0.39, 0.29) is 0 Å². The number of nitrogens with zero attached hydrogens (tertiary/aromatic N) is 4. The molecule has 0 radical (unpaired) electrons. The molecule has 1 aliphatic heterocycles. The average Bonchev–Trinajstić information content (AvgIpc) is 2.61. The fraction of sp³-hybridized carbons (Fsp3) is 0.474. The van der Waals surface area contributed by atoms with Crippen molar-refractivity contribution in [3.8, 4) is 0 Å². The minimum absolute atomic E-state index is 0.844. The molecular weight excluding hydrogens is 284 g/mol. The fourth-order valence-corrected chi connectivity index (χ4v) is 3.09. The van der Waals surface area contributed by atoms with Gasteiger partial charge in [0.05, 0.1) is 0 Å². The summed E-state index contributed by atoms with van der Waals surface area (Å²) in [6.07, 6.45) is 3.86. The largest absolute Gasteiger partial charge is 0.356 e. The Labute approximate surface area is 139 Å². The van der Waals surface area contributed by atoms with Crippen LogP contribution in [0.25, 0.3) is 0 Å². The van der Waals surface area contributed by atoms with Crippen molar-refractivity contribution in [1.29, 1.82) is 0 Å². The highest BCUT2D eigenvalue weighted by Crippen LogP contribution is 2.22. The number of aromatic nitrogens is 2. The molecule has 2 heterocycles. The zero-order valence-corrected chi connectivity index (χ0v) is 14.2. The average molecular weight is 310 g/mol. The Morgan fingerprint density at radius 2 is 1.78 bits per heavy atom. The van der Waals surface area contributed by atoms with Gasteiger partial charge in [-0.05, 0) is 38.7 Å². The molecule has 122 valence electrons. The molecule has 1 aromatic carbocycles. The van der Waals surface area contributed by atoms with Gasteiger partial charge in [0.2, 0.25) is 5.95 Å². The van der Waals surface area contributed by atoms with Crippen molar-refractivity contribution in [3.63, 3.8) is 0 Å². The van der Waals surface area contributed by atoms with Gasteiger partial charge in [-0.3, -0.25) is 0 Å². The predicted octanol–water partition coefficient (Wildman–Crippen LogP) is 3.80. The maximum Gasteiger partial charge on any atom is 0.227 e. The third kappa shape index (κ3) is 4.01. The lowest BCUT2D eigenvalue weighted by atomic mass is 10.1. The van der Waals surface area contributed by atoms with Crippen molar-refractivity contribution < 1.29 is 0 Å². The summed E-state index contributed by atoms with van der Waals surface area (Å²) in [6, 6.07) is 12.6. The molecule has 0 saturated carbocycles. The minimum Gasteiger partial charge on any atom is -0.356 e. The number of benzene rings is 1. The van der Waals surface area contributed by atoms with Crippen LogP contribution >= 0.6 is 0 Å². The molecule has 2 aromatic rings. The number of piperidine rings is 1. The second-order valence-corrected chi connectivity index (χ2v) is 6.22. The van der Waals surface area contributed by atoms with Crippen LogP contribution in [0.1, 0.15) is 37.4 Å². The highest BCUT2D eigenvalue weighted by atomic mass is 15.3. The predicted molar refractivity (Wildman–Crippen MR) is 96.0 cm³/mol.